The minimum absolute atomic E-state index is 0.332. The Morgan fingerprint density at radius 2 is 2.10 bits per heavy atom. The zero-order chi connectivity index (χ0) is 14.5. The van der Waals surface area contributed by atoms with E-state index in [1.807, 2.05) is 24.1 Å². The van der Waals surface area contributed by atoms with Gasteiger partial charge in [0, 0.05) is 13.6 Å². The molecule has 0 fully saturated rings. The number of aromatic nitrogens is 2. The van der Waals surface area contributed by atoms with Crippen LogP contribution in [0.1, 0.15) is 15.9 Å². The van der Waals surface area contributed by atoms with Crippen molar-refractivity contribution in [1.82, 2.24) is 9.97 Å². The van der Waals surface area contributed by atoms with Crippen molar-refractivity contribution in [2.24, 2.45) is 0 Å². The summed E-state index contributed by atoms with van der Waals surface area (Å²) in [6.07, 6.45) is 3.70. The maximum Gasteiger partial charge on any atom is 0.335 e. The molecular weight excluding hydrogens is 278 g/mol. The molecule has 0 bridgehead atoms. The van der Waals surface area contributed by atoms with E-state index in [-0.39, 0.29) is 0 Å². The summed E-state index contributed by atoms with van der Waals surface area (Å²) in [6.45, 7) is 0.624. The number of carbonyl (C=O) groups is 1. The highest BCUT2D eigenvalue weighted by Gasteiger charge is 2.10. The first-order valence-electron chi connectivity index (χ1n) is 6.08. The van der Waals surface area contributed by atoms with Crippen molar-refractivity contribution >= 4 is 23.4 Å². The minimum Gasteiger partial charge on any atom is -0.478 e. The third-order valence-electron chi connectivity index (χ3n) is 2.95. The van der Waals surface area contributed by atoms with Crippen molar-refractivity contribution in [2.75, 3.05) is 18.5 Å². The van der Waals surface area contributed by atoms with E-state index in [0.29, 0.717) is 29.5 Å². The summed E-state index contributed by atoms with van der Waals surface area (Å²) in [5.74, 6) is -0.254. The summed E-state index contributed by atoms with van der Waals surface area (Å²) >= 11 is 5.79. The lowest BCUT2D eigenvalue weighted by molar-refractivity contribution is 0.0695. The van der Waals surface area contributed by atoms with Crippen molar-refractivity contribution in [3.63, 3.8) is 0 Å². The average Bonchev–Trinajstić information content (AvgIpc) is 2.45. The van der Waals surface area contributed by atoms with Crippen LogP contribution in [0.2, 0.25) is 5.15 Å². The Labute approximate surface area is 121 Å². The van der Waals surface area contributed by atoms with Crippen molar-refractivity contribution in [3.8, 4) is 0 Å². The van der Waals surface area contributed by atoms with Gasteiger partial charge in [0.1, 0.15) is 11.0 Å². The number of aromatic carboxylic acids is 1. The third-order valence-corrected chi connectivity index (χ3v) is 3.13. The molecule has 1 N–H and O–H groups in total. The van der Waals surface area contributed by atoms with Gasteiger partial charge in [0.25, 0.3) is 0 Å². The number of nitrogens with zero attached hydrogens (tertiary/aromatic N) is 3. The largest absolute Gasteiger partial charge is 0.478 e. The summed E-state index contributed by atoms with van der Waals surface area (Å²) in [7, 11) is 1.86. The zero-order valence-electron chi connectivity index (χ0n) is 11.0. The Hall–Kier alpha value is -2.14. The molecule has 0 unspecified atom stereocenters. The van der Waals surface area contributed by atoms with Gasteiger partial charge in [-0.15, -0.1) is 0 Å². The SMILES string of the molecule is CN(CCc1ccccc1C(=O)O)c1cncc(Cl)n1. The summed E-state index contributed by atoms with van der Waals surface area (Å²) in [6, 6.07) is 6.98. The van der Waals surface area contributed by atoms with Gasteiger partial charge >= 0.3 is 5.97 Å². The first-order chi connectivity index (χ1) is 9.58. The molecule has 1 heterocycles. The van der Waals surface area contributed by atoms with Crippen LogP contribution in [0.5, 0.6) is 0 Å². The molecule has 2 rings (SSSR count). The first-order valence-corrected chi connectivity index (χ1v) is 6.45. The zero-order valence-corrected chi connectivity index (χ0v) is 11.7. The molecule has 0 spiro atoms. The van der Waals surface area contributed by atoms with Gasteiger partial charge in [-0.2, -0.15) is 0 Å². The molecule has 0 saturated carbocycles. The number of hydrogen-bond donors (Lipinski definition) is 1. The Balaban J connectivity index is 2.07. The molecular formula is C14H14ClN3O2. The monoisotopic (exact) mass is 291 g/mol. The number of benzene rings is 1. The van der Waals surface area contributed by atoms with Crippen molar-refractivity contribution in [1.29, 1.82) is 0 Å². The average molecular weight is 292 g/mol. The number of carboxylic acid groups (broad SMARTS) is 1. The molecule has 0 aliphatic heterocycles. The Kier molecular flexibility index (Phi) is 4.53. The Morgan fingerprint density at radius 3 is 2.80 bits per heavy atom. The molecule has 0 radical (unpaired) electrons. The molecule has 0 saturated heterocycles. The van der Waals surface area contributed by atoms with Crippen LogP contribution < -0.4 is 4.90 Å². The molecule has 0 atom stereocenters. The van der Waals surface area contributed by atoms with Crippen LogP contribution in [0.3, 0.4) is 0 Å². The predicted octanol–water partition coefficient (Wildman–Crippen LogP) is 2.51. The van der Waals surface area contributed by atoms with Crippen LogP contribution in [0.25, 0.3) is 0 Å². The predicted molar refractivity (Wildman–Crippen MR) is 77.4 cm³/mol. The molecule has 1 aromatic carbocycles. The second-order valence-corrected chi connectivity index (χ2v) is 4.72. The van der Waals surface area contributed by atoms with Gasteiger partial charge in [-0.05, 0) is 18.1 Å². The fourth-order valence-corrected chi connectivity index (χ4v) is 2.01. The maximum absolute atomic E-state index is 11.1. The third kappa shape index (κ3) is 3.45. The lowest BCUT2D eigenvalue weighted by Gasteiger charge is -2.18. The highest BCUT2D eigenvalue weighted by atomic mass is 35.5. The number of carboxylic acids is 1. The summed E-state index contributed by atoms with van der Waals surface area (Å²) in [4.78, 5) is 21.1. The molecule has 0 aliphatic carbocycles. The van der Waals surface area contributed by atoms with Gasteiger partial charge in [-0.25, -0.2) is 9.78 Å². The number of rotatable bonds is 5. The second-order valence-electron chi connectivity index (χ2n) is 4.33. The molecule has 20 heavy (non-hydrogen) atoms. The van der Waals surface area contributed by atoms with Gasteiger partial charge in [0.2, 0.25) is 0 Å². The number of likely N-dealkylation sites (N-methyl/N-ethyl adjacent to an activating group) is 1. The van der Waals surface area contributed by atoms with Crippen LogP contribution >= 0.6 is 11.6 Å². The van der Waals surface area contributed by atoms with Gasteiger partial charge in [0.15, 0.2) is 0 Å². The molecule has 2 aromatic rings. The lowest BCUT2D eigenvalue weighted by Crippen LogP contribution is -2.22. The highest BCUT2D eigenvalue weighted by molar-refractivity contribution is 6.29. The molecule has 5 nitrogen and oxygen atoms in total. The fourth-order valence-electron chi connectivity index (χ4n) is 1.87. The van der Waals surface area contributed by atoms with Gasteiger partial charge in [-0.3, -0.25) is 4.98 Å². The topological polar surface area (TPSA) is 66.3 Å². The highest BCUT2D eigenvalue weighted by Crippen LogP contribution is 2.14. The van der Waals surface area contributed by atoms with E-state index in [9.17, 15) is 4.79 Å². The standard InChI is InChI=1S/C14H14ClN3O2/c1-18(13-9-16-8-12(15)17-13)7-6-10-4-2-3-5-11(10)14(19)20/h2-5,8-9H,6-7H2,1H3,(H,19,20). The van der Waals surface area contributed by atoms with E-state index < -0.39 is 5.97 Å². The van der Waals surface area contributed by atoms with Crippen LogP contribution in [-0.4, -0.2) is 34.6 Å². The van der Waals surface area contributed by atoms with E-state index in [0.717, 1.165) is 5.56 Å². The lowest BCUT2D eigenvalue weighted by atomic mass is 10.0. The first kappa shape index (κ1) is 14.3. The van der Waals surface area contributed by atoms with Crippen LogP contribution in [0.4, 0.5) is 5.82 Å². The van der Waals surface area contributed by atoms with E-state index in [2.05, 4.69) is 9.97 Å². The molecule has 6 heteroatoms. The van der Waals surface area contributed by atoms with Gasteiger partial charge < -0.3 is 10.0 Å². The maximum atomic E-state index is 11.1. The van der Waals surface area contributed by atoms with Crippen LogP contribution in [-0.2, 0) is 6.42 Å². The van der Waals surface area contributed by atoms with Crippen molar-refractivity contribution in [2.45, 2.75) is 6.42 Å². The summed E-state index contributed by atoms with van der Waals surface area (Å²) in [5.41, 5.74) is 1.12. The normalized spacial score (nSPS) is 10.3. The fraction of sp³-hybridized carbons (Fsp3) is 0.214. The summed E-state index contributed by atoms with van der Waals surface area (Å²) < 4.78 is 0. The van der Waals surface area contributed by atoms with E-state index in [1.54, 1.807) is 18.3 Å². The minimum atomic E-state index is -0.911. The van der Waals surface area contributed by atoms with Crippen LogP contribution in [0.15, 0.2) is 36.7 Å². The number of anilines is 1. The van der Waals surface area contributed by atoms with Gasteiger partial charge in [0.05, 0.1) is 18.0 Å². The van der Waals surface area contributed by atoms with Crippen LogP contribution in [0, 0.1) is 0 Å². The quantitative estimate of drug-likeness (QED) is 0.917. The number of hydrogen-bond acceptors (Lipinski definition) is 4. The molecule has 104 valence electrons. The molecule has 1 aromatic heterocycles. The Morgan fingerprint density at radius 1 is 1.35 bits per heavy atom. The van der Waals surface area contributed by atoms with E-state index in [4.69, 9.17) is 16.7 Å². The van der Waals surface area contributed by atoms with Crippen molar-refractivity contribution < 1.29 is 9.90 Å². The molecule has 0 amide bonds. The Bertz CT molecular complexity index is 619. The van der Waals surface area contributed by atoms with Crippen molar-refractivity contribution in [3.05, 3.63) is 52.9 Å². The van der Waals surface area contributed by atoms with Gasteiger partial charge in [-0.1, -0.05) is 29.8 Å². The smallest absolute Gasteiger partial charge is 0.335 e. The second kappa shape index (κ2) is 6.34. The summed E-state index contributed by atoms with van der Waals surface area (Å²) in [5, 5.41) is 9.46. The van der Waals surface area contributed by atoms with E-state index >= 15 is 0 Å². The number of halogens is 1. The van der Waals surface area contributed by atoms with E-state index in [1.165, 1.54) is 6.20 Å². The molecule has 0 aliphatic rings.